The molecule has 1 aliphatic rings. The average molecular weight is 427 g/mol. The van der Waals surface area contributed by atoms with E-state index >= 15 is 4.57 Å². The molecule has 4 unspecified atom stereocenters. The molecule has 162 valence electrons. The second-order valence-electron chi connectivity index (χ2n) is 9.56. The minimum atomic E-state index is -3.61. The number of aliphatic hydroxyl groups excluding tert-OH is 1. The van der Waals surface area contributed by atoms with Crippen molar-refractivity contribution in [1.29, 1.82) is 0 Å². The molecule has 3 nitrogen and oxygen atoms in total. The van der Waals surface area contributed by atoms with Crippen molar-refractivity contribution >= 4 is 18.7 Å². The predicted octanol–water partition coefficient (Wildman–Crippen LogP) is 5.93. The molecule has 1 aliphatic carbocycles. The lowest BCUT2D eigenvalue weighted by atomic mass is 9.69. The van der Waals surface area contributed by atoms with Gasteiger partial charge in [0.2, 0.25) is 0 Å². The van der Waals surface area contributed by atoms with Crippen LogP contribution in [0.5, 0.6) is 0 Å². The summed E-state index contributed by atoms with van der Waals surface area (Å²) < 4.78 is 15.3. The molecule has 0 amide bonds. The second kappa shape index (κ2) is 8.44. The smallest absolute Gasteiger partial charge is 0.160 e. The van der Waals surface area contributed by atoms with E-state index in [1.54, 1.807) is 0 Å². The van der Waals surface area contributed by atoms with E-state index in [-0.39, 0.29) is 11.8 Å². The van der Waals surface area contributed by atoms with Gasteiger partial charge in [-0.1, -0.05) is 68.8 Å². The lowest BCUT2D eigenvalue weighted by Gasteiger charge is -2.51. The van der Waals surface area contributed by atoms with Crippen LogP contribution in [0.2, 0.25) is 0 Å². The van der Waals surface area contributed by atoms with Crippen molar-refractivity contribution in [2.45, 2.75) is 65.4 Å². The maximum atomic E-state index is 15.3. The van der Waals surface area contributed by atoms with Gasteiger partial charge in [0.05, 0.1) is 5.16 Å². The highest BCUT2D eigenvalue weighted by Gasteiger charge is 2.61. The SMILES string of the molecule is Cc1cc(C)c(C(O)P(=O)(c2ccccc2)C2(C=O)C(C)CC(C)CC2C)c(C)c1. The molecule has 0 aromatic heterocycles. The molecule has 0 radical (unpaired) electrons. The second-order valence-corrected chi connectivity index (χ2v) is 12.7. The summed E-state index contributed by atoms with van der Waals surface area (Å²) in [7, 11) is -3.61. The molecule has 1 saturated carbocycles. The maximum absolute atomic E-state index is 15.3. The highest BCUT2D eigenvalue weighted by atomic mass is 31.2. The summed E-state index contributed by atoms with van der Waals surface area (Å²) in [6.07, 6.45) is 2.60. The van der Waals surface area contributed by atoms with Crippen LogP contribution in [0.4, 0.5) is 0 Å². The van der Waals surface area contributed by atoms with E-state index in [1.807, 2.05) is 77.1 Å². The van der Waals surface area contributed by atoms with Gasteiger partial charge in [-0.05, 0) is 68.1 Å². The van der Waals surface area contributed by atoms with Gasteiger partial charge in [0.1, 0.15) is 12.1 Å². The van der Waals surface area contributed by atoms with Crippen LogP contribution in [-0.2, 0) is 9.36 Å². The first kappa shape index (κ1) is 23.0. The quantitative estimate of drug-likeness (QED) is 0.476. The fourth-order valence-electron chi connectivity index (χ4n) is 6.14. The fourth-order valence-corrected chi connectivity index (χ4v) is 10.4. The van der Waals surface area contributed by atoms with Gasteiger partial charge in [0.15, 0.2) is 7.14 Å². The zero-order chi connectivity index (χ0) is 22.3. The summed E-state index contributed by atoms with van der Waals surface area (Å²) in [4.78, 5) is 12.9. The molecule has 2 aromatic rings. The van der Waals surface area contributed by atoms with Crippen LogP contribution in [0.3, 0.4) is 0 Å². The lowest BCUT2D eigenvalue weighted by Crippen LogP contribution is -2.51. The Morgan fingerprint density at radius 2 is 1.50 bits per heavy atom. The molecule has 0 aliphatic heterocycles. The topological polar surface area (TPSA) is 54.4 Å². The van der Waals surface area contributed by atoms with Crippen molar-refractivity contribution in [1.82, 2.24) is 0 Å². The fraction of sp³-hybridized carbons (Fsp3) is 0.500. The van der Waals surface area contributed by atoms with Crippen molar-refractivity contribution in [3.05, 3.63) is 64.7 Å². The van der Waals surface area contributed by atoms with Gasteiger partial charge in [-0.25, -0.2) is 0 Å². The molecule has 0 bridgehead atoms. The van der Waals surface area contributed by atoms with Crippen molar-refractivity contribution in [2.24, 2.45) is 17.8 Å². The normalized spacial score (nSPS) is 29.8. The molecule has 2 aromatic carbocycles. The summed E-state index contributed by atoms with van der Waals surface area (Å²) in [5.74, 6) is -0.919. The van der Waals surface area contributed by atoms with E-state index in [1.165, 1.54) is 0 Å². The van der Waals surface area contributed by atoms with E-state index in [4.69, 9.17) is 0 Å². The first-order chi connectivity index (χ1) is 14.1. The number of aryl methyl sites for hydroxylation is 3. The summed E-state index contributed by atoms with van der Waals surface area (Å²) in [5.41, 5.74) is 3.64. The number of benzene rings is 2. The molecule has 0 spiro atoms. The Hall–Kier alpha value is -1.70. The zero-order valence-corrected chi connectivity index (χ0v) is 19.9. The van der Waals surface area contributed by atoms with Crippen molar-refractivity contribution in [3.63, 3.8) is 0 Å². The summed E-state index contributed by atoms with van der Waals surface area (Å²) in [5, 5.41) is 11.4. The van der Waals surface area contributed by atoms with Crippen LogP contribution in [0, 0.1) is 38.5 Å². The van der Waals surface area contributed by atoms with E-state index in [9.17, 15) is 9.90 Å². The van der Waals surface area contributed by atoms with E-state index in [2.05, 4.69) is 6.92 Å². The van der Waals surface area contributed by atoms with E-state index in [0.29, 0.717) is 16.8 Å². The molecular weight excluding hydrogens is 391 g/mol. The van der Waals surface area contributed by atoms with Crippen LogP contribution in [0.15, 0.2) is 42.5 Å². The Kier molecular flexibility index (Phi) is 6.46. The standard InChI is InChI=1S/C26H35O3P/c1-17-12-19(3)24(20(4)13-17)25(28)30(29,23-10-8-7-9-11-23)26(16-27)21(5)14-18(2)15-22(26)6/h7-13,16,18,21-22,25,28H,14-15H2,1-6H3. The number of rotatable bonds is 5. The van der Waals surface area contributed by atoms with Crippen LogP contribution >= 0.6 is 7.14 Å². The van der Waals surface area contributed by atoms with Gasteiger partial charge in [-0.15, -0.1) is 0 Å². The van der Waals surface area contributed by atoms with E-state index in [0.717, 1.165) is 35.8 Å². The van der Waals surface area contributed by atoms with Crippen LogP contribution in [0.1, 0.15) is 61.7 Å². The Bertz CT molecular complexity index is 930. The predicted molar refractivity (Wildman–Crippen MR) is 125 cm³/mol. The number of carbonyl (C=O) groups is 1. The van der Waals surface area contributed by atoms with Crippen LogP contribution in [0.25, 0.3) is 0 Å². The molecule has 1 fully saturated rings. The van der Waals surface area contributed by atoms with Crippen LogP contribution < -0.4 is 5.30 Å². The summed E-state index contributed by atoms with van der Waals surface area (Å²) in [6, 6.07) is 13.3. The molecule has 30 heavy (non-hydrogen) atoms. The molecule has 0 heterocycles. The number of aldehydes is 1. The Balaban J connectivity index is 2.34. The minimum Gasteiger partial charge on any atom is -0.380 e. The van der Waals surface area contributed by atoms with Crippen molar-refractivity contribution in [3.8, 4) is 0 Å². The highest BCUT2D eigenvalue weighted by molar-refractivity contribution is 7.74. The third-order valence-corrected chi connectivity index (χ3v) is 11.5. The maximum Gasteiger partial charge on any atom is 0.160 e. The minimum absolute atomic E-state index is 0.0829. The van der Waals surface area contributed by atoms with Gasteiger partial charge in [0, 0.05) is 5.30 Å². The van der Waals surface area contributed by atoms with Gasteiger partial charge in [-0.2, -0.15) is 0 Å². The van der Waals surface area contributed by atoms with Gasteiger partial charge in [-0.3, -0.25) is 0 Å². The molecule has 0 saturated heterocycles. The summed E-state index contributed by atoms with van der Waals surface area (Å²) in [6.45, 7) is 12.2. The number of hydrogen-bond acceptors (Lipinski definition) is 3. The first-order valence-corrected chi connectivity index (χ1v) is 12.7. The monoisotopic (exact) mass is 426 g/mol. The number of carbonyl (C=O) groups excluding carboxylic acids is 1. The third kappa shape index (κ3) is 3.41. The molecular formula is C26H35O3P. The van der Waals surface area contributed by atoms with Crippen LogP contribution in [-0.4, -0.2) is 16.5 Å². The largest absolute Gasteiger partial charge is 0.380 e. The van der Waals surface area contributed by atoms with Gasteiger partial charge >= 0.3 is 0 Å². The van der Waals surface area contributed by atoms with Gasteiger partial charge in [0.25, 0.3) is 0 Å². The lowest BCUT2D eigenvalue weighted by molar-refractivity contribution is -0.113. The van der Waals surface area contributed by atoms with Crippen molar-refractivity contribution < 1.29 is 14.5 Å². The van der Waals surface area contributed by atoms with Crippen molar-refractivity contribution in [2.75, 3.05) is 0 Å². The summed E-state index contributed by atoms with van der Waals surface area (Å²) >= 11 is 0. The van der Waals surface area contributed by atoms with Gasteiger partial charge < -0.3 is 14.5 Å². The molecule has 1 N–H and O–H groups in total. The molecule has 4 atom stereocenters. The Labute approximate surface area is 181 Å². The third-order valence-electron chi connectivity index (χ3n) is 7.34. The molecule has 3 rings (SSSR count). The molecule has 4 heteroatoms. The number of aliphatic hydroxyl groups is 1. The Morgan fingerprint density at radius 3 is 1.97 bits per heavy atom. The zero-order valence-electron chi connectivity index (χ0n) is 19.1. The Morgan fingerprint density at radius 1 is 1.00 bits per heavy atom. The van der Waals surface area contributed by atoms with E-state index < -0.39 is 18.1 Å². The number of hydrogen-bond donors (Lipinski definition) is 1. The average Bonchev–Trinajstić information content (AvgIpc) is 2.67. The highest BCUT2D eigenvalue weighted by Crippen LogP contribution is 2.72. The first-order valence-electron chi connectivity index (χ1n) is 11.0.